The molecule has 1 amide bonds. The highest BCUT2D eigenvalue weighted by Gasteiger charge is 2.08. The fourth-order valence-corrected chi connectivity index (χ4v) is 2.63. The normalized spacial score (nSPS) is 13.5. The van der Waals surface area contributed by atoms with E-state index in [2.05, 4.69) is 15.6 Å². The SMILES string of the molecule is Cc1ccccc1CNC(=O)Cn1cc(CCS(C)(=N)=O)nn1. The van der Waals surface area contributed by atoms with Crippen molar-refractivity contribution in [1.82, 2.24) is 20.3 Å². The van der Waals surface area contributed by atoms with Crippen LogP contribution in [0.15, 0.2) is 30.5 Å². The fraction of sp³-hybridized carbons (Fsp3) is 0.400. The molecule has 2 N–H and O–H groups in total. The van der Waals surface area contributed by atoms with E-state index in [1.165, 1.54) is 10.9 Å². The Morgan fingerprint density at radius 1 is 1.39 bits per heavy atom. The molecular formula is C15H21N5O2S. The van der Waals surface area contributed by atoms with E-state index in [9.17, 15) is 9.00 Å². The Bertz CT molecular complexity index is 783. The van der Waals surface area contributed by atoms with Gasteiger partial charge in [0.15, 0.2) is 0 Å². The van der Waals surface area contributed by atoms with Gasteiger partial charge in [-0.2, -0.15) is 0 Å². The number of carbonyl (C=O) groups excluding carboxylic acids is 1. The van der Waals surface area contributed by atoms with Gasteiger partial charge in [-0.1, -0.05) is 29.5 Å². The number of aromatic nitrogens is 3. The molecule has 23 heavy (non-hydrogen) atoms. The van der Waals surface area contributed by atoms with Gasteiger partial charge in [0, 0.05) is 40.9 Å². The maximum atomic E-state index is 11.9. The second-order valence-electron chi connectivity index (χ2n) is 5.57. The molecule has 0 radical (unpaired) electrons. The highest BCUT2D eigenvalue weighted by molar-refractivity contribution is 7.91. The predicted molar refractivity (Wildman–Crippen MR) is 88.4 cm³/mol. The van der Waals surface area contributed by atoms with Crippen LogP contribution in [0.2, 0.25) is 0 Å². The lowest BCUT2D eigenvalue weighted by Gasteiger charge is -2.07. The minimum absolute atomic E-state index is 0.0846. The van der Waals surface area contributed by atoms with Crippen LogP contribution in [-0.2, 0) is 34.0 Å². The molecular weight excluding hydrogens is 314 g/mol. The van der Waals surface area contributed by atoms with Crippen molar-refractivity contribution in [3.63, 3.8) is 0 Å². The monoisotopic (exact) mass is 335 g/mol. The van der Waals surface area contributed by atoms with Crippen molar-refractivity contribution in [3.05, 3.63) is 47.3 Å². The highest BCUT2D eigenvalue weighted by Crippen LogP contribution is 2.06. The fourth-order valence-electron chi connectivity index (χ4n) is 2.03. The van der Waals surface area contributed by atoms with E-state index in [0.29, 0.717) is 18.7 Å². The maximum Gasteiger partial charge on any atom is 0.242 e. The summed E-state index contributed by atoms with van der Waals surface area (Å²) in [6.45, 7) is 2.56. The lowest BCUT2D eigenvalue weighted by atomic mass is 10.1. The quantitative estimate of drug-likeness (QED) is 0.792. The standard InChI is InChI=1S/C15H21N5O2S/c1-12-5-3-4-6-13(12)9-17-15(21)11-20-10-14(18-19-20)7-8-23(2,16)22/h3-6,10,16H,7-9,11H2,1-2H3,(H,17,21). The van der Waals surface area contributed by atoms with Crippen molar-refractivity contribution in [2.24, 2.45) is 0 Å². The van der Waals surface area contributed by atoms with E-state index >= 15 is 0 Å². The summed E-state index contributed by atoms with van der Waals surface area (Å²) in [6.07, 6.45) is 3.47. The number of nitrogens with zero attached hydrogens (tertiary/aromatic N) is 3. The first-order chi connectivity index (χ1) is 10.8. The van der Waals surface area contributed by atoms with Gasteiger partial charge in [-0.15, -0.1) is 5.10 Å². The van der Waals surface area contributed by atoms with E-state index in [1.807, 2.05) is 31.2 Å². The van der Waals surface area contributed by atoms with Crippen molar-refractivity contribution >= 4 is 15.6 Å². The lowest BCUT2D eigenvalue weighted by molar-refractivity contribution is -0.122. The van der Waals surface area contributed by atoms with Gasteiger partial charge in [-0.25, -0.2) is 4.68 Å². The molecule has 0 saturated heterocycles. The number of aryl methyl sites for hydroxylation is 2. The number of rotatable bonds is 7. The molecule has 0 fully saturated rings. The molecule has 124 valence electrons. The average molecular weight is 335 g/mol. The number of hydrogen-bond acceptors (Lipinski definition) is 5. The summed E-state index contributed by atoms with van der Waals surface area (Å²) >= 11 is 0. The van der Waals surface area contributed by atoms with Gasteiger partial charge in [-0.3, -0.25) is 13.8 Å². The van der Waals surface area contributed by atoms with Gasteiger partial charge >= 0.3 is 0 Å². The molecule has 1 atom stereocenters. The third-order valence-electron chi connectivity index (χ3n) is 3.38. The van der Waals surface area contributed by atoms with Crippen molar-refractivity contribution in [1.29, 1.82) is 4.78 Å². The third kappa shape index (κ3) is 5.82. The molecule has 0 aliphatic rings. The molecule has 1 heterocycles. The van der Waals surface area contributed by atoms with E-state index in [4.69, 9.17) is 4.78 Å². The average Bonchev–Trinajstić information content (AvgIpc) is 2.91. The minimum Gasteiger partial charge on any atom is -0.350 e. The summed E-state index contributed by atoms with van der Waals surface area (Å²) in [6, 6.07) is 7.88. The largest absolute Gasteiger partial charge is 0.350 e. The van der Waals surface area contributed by atoms with Crippen LogP contribution in [0, 0.1) is 11.7 Å². The van der Waals surface area contributed by atoms with Crippen molar-refractivity contribution in [2.75, 3.05) is 12.0 Å². The number of amides is 1. The highest BCUT2D eigenvalue weighted by atomic mass is 32.2. The molecule has 2 rings (SSSR count). The Labute approximate surface area is 136 Å². The summed E-state index contributed by atoms with van der Waals surface area (Å²) in [7, 11) is -2.54. The zero-order valence-corrected chi connectivity index (χ0v) is 14.1. The number of benzene rings is 1. The van der Waals surface area contributed by atoms with Gasteiger partial charge in [0.1, 0.15) is 6.54 Å². The molecule has 7 nitrogen and oxygen atoms in total. The zero-order valence-electron chi connectivity index (χ0n) is 13.3. The zero-order chi connectivity index (χ0) is 16.9. The summed E-state index contributed by atoms with van der Waals surface area (Å²) in [5.74, 6) is 0.0926. The Balaban J connectivity index is 1.84. The van der Waals surface area contributed by atoms with Crippen LogP contribution in [0.25, 0.3) is 0 Å². The van der Waals surface area contributed by atoms with E-state index < -0.39 is 9.73 Å². The first-order valence-electron chi connectivity index (χ1n) is 7.25. The first-order valence-corrected chi connectivity index (χ1v) is 9.39. The van der Waals surface area contributed by atoms with Gasteiger partial charge in [-0.05, 0) is 18.1 Å². The van der Waals surface area contributed by atoms with Crippen LogP contribution in [0.3, 0.4) is 0 Å². The molecule has 1 aromatic carbocycles. The van der Waals surface area contributed by atoms with E-state index in [0.717, 1.165) is 11.1 Å². The Hall–Kier alpha value is -2.22. The van der Waals surface area contributed by atoms with E-state index in [1.54, 1.807) is 6.20 Å². The van der Waals surface area contributed by atoms with Crippen LogP contribution >= 0.6 is 0 Å². The number of hydrogen-bond donors (Lipinski definition) is 2. The number of carbonyl (C=O) groups is 1. The maximum absolute atomic E-state index is 11.9. The lowest BCUT2D eigenvalue weighted by Crippen LogP contribution is -2.27. The summed E-state index contributed by atoms with van der Waals surface area (Å²) in [4.78, 5) is 11.9. The van der Waals surface area contributed by atoms with Crippen molar-refractivity contribution in [3.8, 4) is 0 Å². The first kappa shape index (κ1) is 17.1. The summed E-state index contributed by atoms with van der Waals surface area (Å²) in [5, 5.41) is 10.7. The van der Waals surface area contributed by atoms with Crippen molar-refractivity contribution in [2.45, 2.75) is 26.4 Å². The van der Waals surface area contributed by atoms with Crippen LogP contribution < -0.4 is 5.32 Å². The minimum atomic E-state index is -2.54. The van der Waals surface area contributed by atoms with Gasteiger partial charge < -0.3 is 5.32 Å². The smallest absolute Gasteiger partial charge is 0.242 e. The molecule has 0 bridgehead atoms. The summed E-state index contributed by atoms with van der Waals surface area (Å²) in [5.41, 5.74) is 2.85. The van der Waals surface area contributed by atoms with Crippen LogP contribution in [0.5, 0.6) is 0 Å². The van der Waals surface area contributed by atoms with Crippen LogP contribution in [0.4, 0.5) is 0 Å². The van der Waals surface area contributed by atoms with E-state index in [-0.39, 0.29) is 18.2 Å². The molecule has 1 aromatic heterocycles. The molecule has 2 aromatic rings. The topological polar surface area (TPSA) is 101 Å². The van der Waals surface area contributed by atoms with Crippen LogP contribution in [-0.4, -0.2) is 37.1 Å². The Morgan fingerprint density at radius 2 is 2.13 bits per heavy atom. The van der Waals surface area contributed by atoms with Gasteiger partial charge in [0.25, 0.3) is 0 Å². The van der Waals surface area contributed by atoms with Crippen molar-refractivity contribution < 1.29 is 9.00 Å². The third-order valence-corrected chi connectivity index (χ3v) is 4.36. The molecule has 0 saturated carbocycles. The summed E-state index contributed by atoms with van der Waals surface area (Å²) < 4.78 is 20.2. The predicted octanol–water partition coefficient (Wildman–Crippen LogP) is 1.12. The molecule has 8 heteroatoms. The van der Waals surface area contributed by atoms with Crippen LogP contribution in [0.1, 0.15) is 16.8 Å². The van der Waals surface area contributed by atoms with Gasteiger partial charge in [0.2, 0.25) is 5.91 Å². The molecule has 0 spiro atoms. The van der Waals surface area contributed by atoms with Gasteiger partial charge in [0.05, 0.1) is 5.69 Å². The molecule has 0 aliphatic heterocycles. The second-order valence-corrected chi connectivity index (χ2v) is 7.99. The second kappa shape index (κ2) is 7.36. The Kier molecular flexibility index (Phi) is 5.49. The Morgan fingerprint density at radius 3 is 2.83 bits per heavy atom. The number of nitrogens with one attached hydrogen (secondary N) is 2. The molecule has 1 unspecified atom stereocenters. The molecule has 0 aliphatic carbocycles.